The molecule has 2 aromatic heterocycles. The van der Waals surface area contributed by atoms with Gasteiger partial charge in [0.25, 0.3) is 0 Å². The van der Waals surface area contributed by atoms with E-state index in [1.54, 1.807) is 20.4 Å². The number of furan rings is 1. The summed E-state index contributed by atoms with van der Waals surface area (Å²) in [5, 5.41) is 4.52. The Morgan fingerprint density at radius 1 is 0.964 bits per heavy atom. The van der Waals surface area contributed by atoms with Crippen LogP contribution in [0.25, 0.3) is 22.3 Å². The average Bonchev–Trinajstić information content (AvgIpc) is 3.20. The van der Waals surface area contributed by atoms with Gasteiger partial charge in [-0.3, -0.25) is 4.98 Å². The maximum Gasteiger partial charge on any atom is 0.176 e. The third kappa shape index (κ3) is 3.70. The molecule has 0 unspecified atom stereocenters. The Morgan fingerprint density at radius 2 is 1.82 bits per heavy atom. The molecule has 0 amide bonds. The van der Waals surface area contributed by atoms with Gasteiger partial charge in [-0.1, -0.05) is 12.1 Å². The third-order valence-electron chi connectivity index (χ3n) is 4.70. The standard InChI is InChI=1S/C23H22N2O3/c1-26-19-8-5-17(6-9-19)22-12-20-18(7-10-21(27-2)23(20)28-22)15-25-14-16-4-3-11-24-13-16/h3-13,25H,14-15H2,1-2H3. The predicted octanol–water partition coefficient (Wildman–Crippen LogP) is 4.80. The second kappa shape index (κ2) is 8.15. The first-order valence-electron chi connectivity index (χ1n) is 9.12. The number of benzene rings is 2. The van der Waals surface area contributed by atoms with Crippen molar-refractivity contribution in [2.24, 2.45) is 0 Å². The van der Waals surface area contributed by atoms with Crippen molar-refractivity contribution in [1.29, 1.82) is 0 Å². The Kier molecular flexibility index (Phi) is 5.26. The third-order valence-corrected chi connectivity index (χ3v) is 4.70. The van der Waals surface area contributed by atoms with Gasteiger partial charge in [-0.05, 0) is 53.6 Å². The summed E-state index contributed by atoms with van der Waals surface area (Å²) >= 11 is 0. The molecule has 4 rings (SSSR count). The monoisotopic (exact) mass is 374 g/mol. The van der Waals surface area contributed by atoms with Crippen molar-refractivity contribution >= 4 is 11.0 Å². The molecule has 0 spiro atoms. The minimum absolute atomic E-state index is 0.719. The van der Waals surface area contributed by atoms with Gasteiger partial charge in [-0.15, -0.1) is 0 Å². The summed E-state index contributed by atoms with van der Waals surface area (Å²) in [5.74, 6) is 2.35. The number of aromatic nitrogens is 1. The first-order valence-corrected chi connectivity index (χ1v) is 9.12. The van der Waals surface area contributed by atoms with Gasteiger partial charge in [0.15, 0.2) is 11.3 Å². The second-order valence-electron chi connectivity index (χ2n) is 6.47. The fraction of sp³-hybridized carbons (Fsp3) is 0.174. The number of nitrogens with zero attached hydrogens (tertiary/aromatic N) is 1. The lowest BCUT2D eigenvalue weighted by Crippen LogP contribution is -2.12. The van der Waals surface area contributed by atoms with Crippen LogP contribution in [-0.2, 0) is 13.1 Å². The van der Waals surface area contributed by atoms with Crippen LogP contribution in [0.15, 0.2) is 71.4 Å². The van der Waals surface area contributed by atoms with Crippen LogP contribution in [0.4, 0.5) is 0 Å². The summed E-state index contributed by atoms with van der Waals surface area (Å²) in [4.78, 5) is 4.15. The van der Waals surface area contributed by atoms with Gasteiger partial charge in [0, 0.05) is 36.4 Å². The highest BCUT2D eigenvalue weighted by molar-refractivity contribution is 5.90. The molecule has 0 aliphatic heterocycles. The molecule has 5 nitrogen and oxygen atoms in total. The van der Waals surface area contributed by atoms with E-state index in [1.165, 1.54) is 0 Å². The minimum Gasteiger partial charge on any atom is -0.497 e. The van der Waals surface area contributed by atoms with E-state index in [0.29, 0.717) is 0 Å². The van der Waals surface area contributed by atoms with Crippen LogP contribution in [0.5, 0.6) is 11.5 Å². The molecular formula is C23H22N2O3. The number of hydrogen-bond acceptors (Lipinski definition) is 5. The molecule has 0 bridgehead atoms. The van der Waals surface area contributed by atoms with Crippen LogP contribution in [0.1, 0.15) is 11.1 Å². The van der Waals surface area contributed by atoms with Crippen LogP contribution in [0.3, 0.4) is 0 Å². The van der Waals surface area contributed by atoms with Gasteiger partial charge in [0.1, 0.15) is 11.5 Å². The number of methoxy groups -OCH3 is 2. The van der Waals surface area contributed by atoms with Gasteiger partial charge >= 0.3 is 0 Å². The lowest BCUT2D eigenvalue weighted by atomic mass is 10.1. The molecule has 2 heterocycles. The Morgan fingerprint density at radius 3 is 2.54 bits per heavy atom. The highest BCUT2D eigenvalue weighted by atomic mass is 16.5. The van der Waals surface area contributed by atoms with Crippen molar-refractivity contribution in [2.45, 2.75) is 13.1 Å². The molecule has 5 heteroatoms. The Labute approximate surface area is 163 Å². The number of rotatable bonds is 7. The molecule has 0 fully saturated rings. The zero-order valence-electron chi connectivity index (χ0n) is 15.9. The van der Waals surface area contributed by atoms with Gasteiger partial charge in [0.05, 0.1) is 14.2 Å². The zero-order valence-corrected chi connectivity index (χ0v) is 15.9. The second-order valence-corrected chi connectivity index (χ2v) is 6.47. The topological polar surface area (TPSA) is 56.5 Å². The number of ether oxygens (including phenoxy) is 2. The maximum absolute atomic E-state index is 6.15. The molecule has 28 heavy (non-hydrogen) atoms. The molecular weight excluding hydrogens is 352 g/mol. The predicted molar refractivity (Wildman–Crippen MR) is 110 cm³/mol. The summed E-state index contributed by atoms with van der Waals surface area (Å²) in [6.45, 7) is 1.47. The molecule has 0 aliphatic carbocycles. The van der Waals surface area contributed by atoms with E-state index in [1.807, 2.05) is 42.6 Å². The molecule has 4 aromatic rings. The maximum atomic E-state index is 6.15. The largest absolute Gasteiger partial charge is 0.497 e. The fourth-order valence-corrected chi connectivity index (χ4v) is 3.21. The van der Waals surface area contributed by atoms with Crippen molar-refractivity contribution in [3.8, 4) is 22.8 Å². The van der Waals surface area contributed by atoms with Crippen LogP contribution in [0, 0.1) is 0 Å². The van der Waals surface area contributed by atoms with E-state index in [4.69, 9.17) is 13.9 Å². The molecule has 0 aliphatic rings. The molecule has 0 saturated carbocycles. The van der Waals surface area contributed by atoms with Crippen LogP contribution in [0.2, 0.25) is 0 Å². The Hall–Kier alpha value is -3.31. The highest BCUT2D eigenvalue weighted by Gasteiger charge is 2.14. The van der Waals surface area contributed by atoms with Gasteiger partial charge < -0.3 is 19.2 Å². The van der Waals surface area contributed by atoms with Crippen LogP contribution in [-0.4, -0.2) is 19.2 Å². The van der Waals surface area contributed by atoms with Crippen LogP contribution >= 0.6 is 0 Å². The summed E-state index contributed by atoms with van der Waals surface area (Å²) in [5.41, 5.74) is 4.06. The number of hydrogen-bond donors (Lipinski definition) is 1. The average molecular weight is 374 g/mol. The minimum atomic E-state index is 0.719. The lowest BCUT2D eigenvalue weighted by molar-refractivity contribution is 0.410. The van der Waals surface area contributed by atoms with E-state index in [0.717, 1.165) is 58.0 Å². The fourth-order valence-electron chi connectivity index (χ4n) is 3.21. The summed E-state index contributed by atoms with van der Waals surface area (Å²) in [7, 11) is 3.32. The zero-order chi connectivity index (χ0) is 19.3. The molecule has 0 atom stereocenters. The van der Waals surface area contributed by atoms with Gasteiger partial charge in [-0.25, -0.2) is 0 Å². The summed E-state index contributed by atoms with van der Waals surface area (Å²) < 4.78 is 16.9. The number of pyridine rings is 1. The van der Waals surface area contributed by atoms with E-state index in [9.17, 15) is 0 Å². The highest BCUT2D eigenvalue weighted by Crippen LogP contribution is 2.36. The summed E-state index contributed by atoms with van der Waals surface area (Å²) in [6.07, 6.45) is 3.65. The normalized spacial score (nSPS) is 10.9. The van der Waals surface area contributed by atoms with Crippen molar-refractivity contribution < 1.29 is 13.9 Å². The van der Waals surface area contributed by atoms with Crippen molar-refractivity contribution in [3.63, 3.8) is 0 Å². The smallest absolute Gasteiger partial charge is 0.176 e. The molecule has 0 radical (unpaired) electrons. The number of fused-ring (bicyclic) bond motifs is 1. The molecule has 2 aromatic carbocycles. The molecule has 1 N–H and O–H groups in total. The van der Waals surface area contributed by atoms with Gasteiger partial charge in [-0.2, -0.15) is 0 Å². The quantitative estimate of drug-likeness (QED) is 0.503. The Bertz CT molecular complexity index is 1060. The van der Waals surface area contributed by atoms with E-state index in [-0.39, 0.29) is 0 Å². The SMILES string of the molecule is COc1ccc(-c2cc3c(CNCc4cccnc4)ccc(OC)c3o2)cc1. The van der Waals surface area contributed by atoms with E-state index >= 15 is 0 Å². The number of nitrogens with one attached hydrogen (secondary N) is 1. The first-order chi connectivity index (χ1) is 13.8. The lowest BCUT2D eigenvalue weighted by Gasteiger charge is -2.08. The Balaban J connectivity index is 1.62. The van der Waals surface area contributed by atoms with Gasteiger partial charge in [0.2, 0.25) is 0 Å². The summed E-state index contributed by atoms with van der Waals surface area (Å²) in [6, 6.07) is 17.9. The molecule has 0 saturated heterocycles. The van der Waals surface area contributed by atoms with Crippen molar-refractivity contribution in [3.05, 3.63) is 78.1 Å². The first kappa shape index (κ1) is 18.1. The van der Waals surface area contributed by atoms with Crippen molar-refractivity contribution in [1.82, 2.24) is 10.3 Å². The van der Waals surface area contributed by atoms with Crippen LogP contribution < -0.4 is 14.8 Å². The van der Waals surface area contributed by atoms with Crippen molar-refractivity contribution in [2.75, 3.05) is 14.2 Å². The molecule has 142 valence electrons. The van der Waals surface area contributed by atoms with E-state index < -0.39 is 0 Å². The van der Waals surface area contributed by atoms with E-state index in [2.05, 4.69) is 28.5 Å².